The summed E-state index contributed by atoms with van der Waals surface area (Å²) in [5.74, 6) is 1.72. The second-order valence-electron chi connectivity index (χ2n) is 10.6. The topological polar surface area (TPSA) is 55.7 Å². The van der Waals surface area contributed by atoms with E-state index in [0.717, 1.165) is 59.9 Å². The minimum Gasteiger partial charge on any atom is -0.249 e. The number of fused-ring (bicyclic) bond motifs is 3. The number of hydrogen-bond acceptors (Lipinski definition) is 4. The molecule has 208 valence electrons. The maximum atomic E-state index is 13.9. The van der Waals surface area contributed by atoms with Crippen LogP contribution >= 0.6 is 0 Å². The Morgan fingerprint density at radius 3 is 1.57 bits per heavy atom. The molecule has 1 unspecified atom stereocenters. The van der Waals surface area contributed by atoms with Crippen molar-refractivity contribution in [1.82, 2.24) is 15.0 Å². The summed E-state index contributed by atoms with van der Waals surface area (Å²) in [7, 11) is -1.32. The smallest absolute Gasteiger partial charge is 0.164 e. The molecule has 7 aromatic rings. The number of rotatable bonds is 5. The predicted molar refractivity (Wildman–Crippen MR) is 177 cm³/mol. The summed E-state index contributed by atoms with van der Waals surface area (Å²) < 4.78 is 13.9. The van der Waals surface area contributed by atoms with Gasteiger partial charge in [0.2, 0.25) is 0 Å². The van der Waals surface area contributed by atoms with E-state index in [1.807, 2.05) is 103 Å². The lowest BCUT2D eigenvalue weighted by Crippen LogP contribution is -2.01. The third-order valence-corrected chi connectivity index (χ3v) is 9.40. The number of nitrogens with zero attached hydrogens (tertiary/aromatic N) is 3. The Hall–Kier alpha value is -5.52. The zero-order valence-electron chi connectivity index (χ0n) is 23.6. The van der Waals surface area contributed by atoms with Crippen molar-refractivity contribution in [3.8, 4) is 67.5 Å². The number of benzene rings is 6. The summed E-state index contributed by atoms with van der Waals surface area (Å²) >= 11 is 0. The molecule has 1 aliphatic rings. The van der Waals surface area contributed by atoms with Crippen LogP contribution in [0.1, 0.15) is 0 Å². The predicted octanol–water partition coefficient (Wildman–Crippen LogP) is 9.35. The molecule has 8 rings (SSSR count). The van der Waals surface area contributed by atoms with Crippen molar-refractivity contribution < 1.29 is 4.21 Å². The normalized spacial score (nSPS) is 13.3. The van der Waals surface area contributed by atoms with Gasteiger partial charge in [-0.15, -0.1) is 0 Å². The lowest BCUT2D eigenvalue weighted by molar-refractivity contribution is 0.685. The van der Waals surface area contributed by atoms with Gasteiger partial charge in [0, 0.05) is 27.8 Å². The highest BCUT2D eigenvalue weighted by molar-refractivity contribution is 7.85. The maximum absolute atomic E-state index is 13.9. The van der Waals surface area contributed by atoms with E-state index >= 15 is 0 Å². The van der Waals surface area contributed by atoms with Gasteiger partial charge in [-0.25, -0.2) is 19.2 Å². The summed E-state index contributed by atoms with van der Waals surface area (Å²) in [6.45, 7) is 0. The van der Waals surface area contributed by atoms with Gasteiger partial charge in [-0.2, -0.15) is 0 Å². The van der Waals surface area contributed by atoms with Gasteiger partial charge < -0.3 is 0 Å². The summed E-state index contributed by atoms with van der Waals surface area (Å²) in [5.41, 5.74) is 8.85. The molecule has 0 saturated heterocycles. The first kappa shape index (κ1) is 26.1. The van der Waals surface area contributed by atoms with Crippen molar-refractivity contribution in [3.63, 3.8) is 0 Å². The molecule has 44 heavy (non-hydrogen) atoms. The van der Waals surface area contributed by atoms with Gasteiger partial charge in [-0.05, 0) is 40.5 Å². The fourth-order valence-electron chi connectivity index (χ4n) is 5.77. The van der Waals surface area contributed by atoms with Gasteiger partial charge >= 0.3 is 0 Å². The van der Waals surface area contributed by atoms with E-state index < -0.39 is 10.8 Å². The van der Waals surface area contributed by atoms with E-state index in [1.54, 1.807) is 0 Å². The van der Waals surface area contributed by atoms with Gasteiger partial charge in [0.1, 0.15) is 0 Å². The van der Waals surface area contributed by atoms with Gasteiger partial charge in [-0.3, -0.25) is 0 Å². The molecule has 2 heterocycles. The highest BCUT2D eigenvalue weighted by Gasteiger charge is 2.30. The van der Waals surface area contributed by atoms with E-state index in [4.69, 9.17) is 15.0 Å². The molecule has 0 amide bonds. The molecular weight excluding hydrogens is 559 g/mol. The second kappa shape index (κ2) is 11.0. The third kappa shape index (κ3) is 4.64. The molecule has 5 heteroatoms. The minimum atomic E-state index is -1.32. The van der Waals surface area contributed by atoms with E-state index in [0.29, 0.717) is 17.5 Å². The standard InChI is InChI=1S/C39H25N3OS/c43-44-34-21-11-20-33(36(34)32-23-22-30(25-35(32)44)27-14-6-2-7-15-27)39-41-37(28-16-8-3-9-17-28)40-38(42-39)31-19-10-18-29(24-31)26-12-4-1-5-13-26/h1-25H. The molecule has 6 aromatic carbocycles. The van der Waals surface area contributed by atoms with E-state index in [1.165, 1.54) is 0 Å². The fraction of sp³-hybridized carbons (Fsp3) is 0. The molecule has 0 spiro atoms. The van der Waals surface area contributed by atoms with Crippen molar-refractivity contribution in [2.75, 3.05) is 0 Å². The Bertz CT molecular complexity index is 2180. The largest absolute Gasteiger partial charge is 0.249 e. The molecule has 0 bridgehead atoms. The zero-order chi connectivity index (χ0) is 29.5. The zero-order valence-corrected chi connectivity index (χ0v) is 24.4. The van der Waals surface area contributed by atoms with Crippen molar-refractivity contribution >= 4 is 10.8 Å². The van der Waals surface area contributed by atoms with Crippen LogP contribution in [0.2, 0.25) is 0 Å². The summed E-state index contributed by atoms with van der Waals surface area (Å²) in [5, 5.41) is 0. The minimum absolute atomic E-state index is 0.549. The van der Waals surface area contributed by atoms with Gasteiger partial charge in [-0.1, -0.05) is 133 Å². The van der Waals surface area contributed by atoms with Crippen LogP contribution in [0.15, 0.2) is 161 Å². The van der Waals surface area contributed by atoms with Crippen LogP contribution in [0, 0.1) is 0 Å². The molecule has 4 nitrogen and oxygen atoms in total. The van der Waals surface area contributed by atoms with Crippen molar-refractivity contribution in [2.45, 2.75) is 9.79 Å². The Balaban J connectivity index is 1.30. The van der Waals surface area contributed by atoms with Crippen molar-refractivity contribution in [2.24, 2.45) is 0 Å². The quantitative estimate of drug-likeness (QED) is 0.203. The van der Waals surface area contributed by atoms with Crippen LogP contribution in [0.4, 0.5) is 0 Å². The highest BCUT2D eigenvalue weighted by atomic mass is 32.2. The first-order chi connectivity index (χ1) is 21.7. The van der Waals surface area contributed by atoms with Gasteiger partial charge in [0.15, 0.2) is 17.5 Å². The molecule has 0 aliphatic carbocycles. The van der Waals surface area contributed by atoms with Crippen LogP contribution < -0.4 is 0 Å². The fourth-order valence-corrected chi connectivity index (χ4v) is 7.22. The summed E-state index contributed by atoms with van der Waals surface area (Å²) in [4.78, 5) is 16.6. The SMILES string of the molecule is O=S1c2cc(-c3ccccc3)ccc2-c2c(-c3nc(-c4ccccc4)nc(-c4cccc(-c5ccccc5)c4)n3)cccc21. The molecule has 0 saturated carbocycles. The Morgan fingerprint density at radius 2 is 0.886 bits per heavy atom. The second-order valence-corrected chi connectivity index (χ2v) is 12.1. The third-order valence-electron chi connectivity index (χ3n) is 7.92. The van der Waals surface area contributed by atoms with Crippen molar-refractivity contribution in [1.29, 1.82) is 0 Å². The van der Waals surface area contributed by atoms with Crippen LogP contribution in [-0.2, 0) is 10.8 Å². The molecule has 0 N–H and O–H groups in total. The van der Waals surface area contributed by atoms with Gasteiger partial charge in [0.25, 0.3) is 0 Å². The van der Waals surface area contributed by atoms with Crippen molar-refractivity contribution in [3.05, 3.63) is 152 Å². The summed E-state index contributed by atoms with van der Waals surface area (Å²) in [6, 6.07) is 50.9. The molecule has 1 aromatic heterocycles. The first-order valence-electron chi connectivity index (χ1n) is 14.5. The van der Waals surface area contributed by atoms with Gasteiger partial charge in [0.05, 0.1) is 20.6 Å². The average molecular weight is 584 g/mol. The Labute approximate surface area is 258 Å². The number of hydrogen-bond donors (Lipinski definition) is 0. The Morgan fingerprint density at radius 1 is 0.364 bits per heavy atom. The molecule has 1 aliphatic heterocycles. The summed E-state index contributed by atoms with van der Waals surface area (Å²) in [6.07, 6.45) is 0. The molecule has 0 radical (unpaired) electrons. The van der Waals surface area contributed by atoms with E-state index in [-0.39, 0.29) is 0 Å². The molecule has 1 atom stereocenters. The molecule has 0 fully saturated rings. The van der Waals surface area contributed by atoms with Crippen LogP contribution in [0.3, 0.4) is 0 Å². The van der Waals surface area contributed by atoms with Crippen LogP contribution in [0.5, 0.6) is 0 Å². The van der Waals surface area contributed by atoms with E-state index in [2.05, 4.69) is 48.5 Å². The van der Waals surface area contributed by atoms with E-state index in [9.17, 15) is 4.21 Å². The first-order valence-corrected chi connectivity index (χ1v) is 15.6. The average Bonchev–Trinajstić information content (AvgIpc) is 3.40. The lowest BCUT2D eigenvalue weighted by atomic mass is 9.96. The maximum Gasteiger partial charge on any atom is 0.164 e. The van der Waals surface area contributed by atoms with Crippen LogP contribution in [-0.4, -0.2) is 19.2 Å². The molecular formula is C39H25N3OS. The lowest BCUT2D eigenvalue weighted by Gasteiger charge is -2.12. The highest BCUT2D eigenvalue weighted by Crippen LogP contribution is 2.46. The Kier molecular flexibility index (Phi) is 6.51. The van der Waals surface area contributed by atoms with Crippen LogP contribution in [0.25, 0.3) is 67.5 Å². The monoisotopic (exact) mass is 583 g/mol. The number of aromatic nitrogens is 3.